The van der Waals surface area contributed by atoms with E-state index in [0.29, 0.717) is 0 Å². The van der Waals surface area contributed by atoms with Gasteiger partial charge in [0.15, 0.2) is 6.10 Å². The van der Waals surface area contributed by atoms with Crippen LogP contribution in [-0.2, 0) is 20.9 Å². The van der Waals surface area contributed by atoms with Crippen molar-refractivity contribution in [1.82, 2.24) is 5.32 Å². The molecular formula is C12H15NO5. The highest BCUT2D eigenvalue weighted by molar-refractivity contribution is 5.75. The molecule has 0 aliphatic rings. The topological polar surface area (TPSA) is 84.9 Å². The molecule has 0 aliphatic carbocycles. The van der Waals surface area contributed by atoms with Gasteiger partial charge in [-0.15, -0.1) is 0 Å². The van der Waals surface area contributed by atoms with Crippen molar-refractivity contribution >= 4 is 12.1 Å². The molecule has 2 N–H and O–H groups in total. The number of aliphatic hydroxyl groups excluding tert-OH is 1. The van der Waals surface area contributed by atoms with Gasteiger partial charge >= 0.3 is 12.1 Å². The highest BCUT2D eigenvalue weighted by Gasteiger charge is 2.16. The fourth-order valence-corrected chi connectivity index (χ4v) is 1.10. The average molecular weight is 254 g/mol. The Labute approximate surface area is 106 Å². The van der Waals surface area contributed by atoms with E-state index >= 15 is 0 Å². The Bertz CT molecular complexity index is 425. The second-order valence-corrected chi connectivity index (χ2v) is 3.34. The molecule has 1 aromatic carbocycles. The van der Waals surface area contributed by atoms with E-state index in [1.54, 1.807) is 24.3 Å². The number of carbonyl (C=O) groups is 2. The molecule has 0 fully saturated rings. The number of benzene rings is 1. The summed E-state index contributed by atoms with van der Waals surface area (Å²) in [6, 6.07) is 8.97. The molecule has 0 aromatic heterocycles. The van der Waals surface area contributed by atoms with Crippen molar-refractivity contribution in [2.24, 2.45) is 0 Å². The summed E-state index contributed by atoms with van der Waals surface area (Å²) in [5.74, 6) is -0.997. The van der Waals surface area contributed by atoms with Gasteiger partial charge < -0.3 is 19.9 Å². The van der Waals surface area contributed by atoms with Gasteiger partial charge in [0.1, 0.15) is 6.61 Å². The number of rotatable bonds is 5. The predicted octanol–water partition coefficient (Wildman–Crippen LogP) is 0.447. The first-order valence-corrected chi connectivity index (χ1v) is 5.20. The SMILES string of the molecule is [2H]C(NC(=O)OCc1ccccc1)[C@H](O)C(=O)OC. The zero-order valence-electron chi connectivity index (χ0n) is 10.8. The van der Waals surface area contributed by atoms with E-state index in [1.807, 2.05) is 11.4 Å². The van der Waals surface area contributed by atoms with E-state index < -0.39 is 24.7 Å². The van der Waals surface area contributed by atoms with Gasteiger partial charge in [-0.2, -0.15) is 0 Å². The summed E-state index contributed by atoms with van der Waals surface area (Å²) in [6.45, 7) is -1.51. The van der Waals surface area contributed by atoms with E-state index in [-0.39, 0.29) is 6.61 Å². The van der Waals surface area contributed by atoms with Crippen LogP contribution in [0.5, 0.6) is 0 Å². The molecule has 1 rings (SSSR count). The van der Waals surface area contributed by atoms with Crippen molar-refractivity contribution in [3.63, 3.8) is 0 Å². The van der Waals surface area contributed by atoms with Gasteiger partial charge in [0.05, 0.1) is 15.0 Å². The first kappa shape index (κ1) is 12.4. The summed E-state index contributed by atoms with van der Waals surface area (Å²) >= 11 is 0. The standard InChI is InChI=1S/C12H15NO5/c1-17-11(15)10(14)7-13-12(16)18-8-9-5-3-2-4-6-9/h2-6,10,14H,7-8H2,1H3,(H,13,16)/t10-/m0/s1/i7D/t7?,10-. The normalized spacial score (nSPS) is 14.0. The summed E-state index contributed by atoms with van der Waals surface area (Å²) in [5, 5.41) is 11.3. The number of carbonyl (C=O) groups excluding carboxylic acids is 2. The molecule has 0 heterocycles. The number of methoxy groups -OCH3 is 1. The number of hydrogen-bond donors (Lipinski definition) is 2. The minimum absolute atomic E-state index is 0.0354. The zero-order valence-corrected chi connectivity index (χ0v) is 9.83. The van der Waals surface area contributed by atoms with E-state index in [4.69, 9.17) is 6.11 Å². The lowest BCUT2D eigenvalue weighted by atomic mass is 10.2. The average Bonchev–Trinajstić information content (AvgIpc) is 2.44. The summed E-state index contributed by atoms with van der Waals surface area (Å²) < 4.78 is 16.4. The molecule has 0 bridgehead atoms. The van der Waals surface area contributed by atoms with E-state index in [2.05, 4.69) is 4.74 Å². The molecule has 98 valence electrons. The molecule has 6 nitrogen and oxygen atoms in total. The summed E-state index contributed by atoms with van der Waals surface area (Å²) in [4.78, 5) is 22.3. The highest BCUT2D eigenvalue weighted by atomic mass is 16.6. The van der Waals surface area contributed by atoms with Gasteiger partial charge in [-0.05, 0) is 5.56 Å². The highest BCUT2D eigenvalue weighted by Crippen LogP contribution is 2.00. The van der Waals surface area contributed by atoms with Gasteiger partial charge in [-0.1, -0.05) is 30.3 Å². The first-order chi connectivity index (χ1) is 9.04. The quantitative estimate of drug-likeness (QED) is 0.745. The Morgan fingerprint density at radius 2 is 2.11 bits per heavy atom. The van der Waals surface area contributed by atoms with E-state index in [9.17, 15) is 14.7 Å². The van der Waals surface area contributed by atoms with Crippen molar-refractivity contribution < 1.29 is 25.5 Å². The number of aliphatic hydroxyl groups is 1. The van der Waals surface area contributed by atoms with Crippen LogP contribution in [0.2, 0.25) is 0 Å². The van der Waals surface area contributed by atoms with Crippen LogP contribution in [0, 0.1) is 0 Å². The van der Waals surface area contributed by atoms with Crippen molar-refractivity contribution in [3.8, 4) is 0 Å². The maximum atomic E-state index is 11.3. The molecule has 0 aliphatic heterocycles. The lowest BCUT2D eigenvalue weighted by Gasteiger charge is -2.10. The lowest BCUT2D eigenvalue weighted by Crippen LogP contribution is -2.37. The van der Waals surface area contributed by atoms with Crippen LogP contribution in [0.4, 0.5) is 4.79 Å². The number of amides is 1. The smallest absolute Gasteiger partial charge is 0.407 e. The van der Waals surface area contributed by atoms with Crippen LogP contribution in [0.3, 0.4) is 0 Å². The number of nitrogens with one attached hydrogen (secondary N) is 1. The number of hydrogen-bond acceptors (Lipinski definition) is 5. The molecule has 0 saturated heterocycles. The summed E-state index contributed by atoms with van der Waals surface area (Å²) in [7, 11) is 1.08. The van der Waals surface area contributed by atoms with Crippen molar-refractivity contribution in [2.75, 3.05) is 13.6 Å². The monoisotopic (exact) mass is 254 g/mol. The minimum atomic E-state index is -1.76. The van der Waals surface area contributed by atoms with Gasteiger partial charge in [0.25, 0.3) is 0 Å². The number of ether oxygens (including phenoxy) is 2. The Balaban J connectivity index is 2.37. The van der Waals surface area contributed by atoms with Crippen molar-refractivity contribution in [3.05, 3.63) is 35.9 Å². The molecule has 2 atom stereocenters. The van der Waals surface area contributed by atoms with Gasteiger partial charge in [-0.25, -0.2) is 9.59 Å². The third-order valence-corrected chi connectivity index (χ3v) is 2.01. The third kappa shape index (κ3) is 4.84. The second kappa shape index (κ2) is 7.29. The second-order valence-electron chi connectivity index (χ2n) is 3.34. The van der Waals surface area contributed by atoms with Gasteiger partial charge in [0, 0.05) is 0 Å². The fourth-order valence-electron chi connectivity index (χ4n) is 1.10. The summed E-state index contributed by atoms with van der Waals surface area (Å²) in [5.41, 5.74) is 0.785. The molecule has 1 amide bonds. The number of alkyl carbamates (subject to hydrolysis) is 1. The van der Waals surface area contributed by atoms with Gasteiger partial charge in [-0.3, -0.25) is 0 Å². The maximum absolute atomic E-state index is 11.3. The predicted molar refractivity (Wildman–Crippen MR) is 62.7 cm³/mol. The van der Waals surface area contributed by atoms with Crippen molar-refractivity contribution in [1.29, 1.82) is 0 Å². The van der Waals surface area contributed by atoms with Crippen LogP contribution < -0.4 is 5.32 Å². The van der Waals surface area contributed by atoms with E-state index in [0.717, 1.165) is 12.7 Å². The minimum Gasteiger partial charge on any atom is -0.467 e. The maximum Gasteiger partial charge on any atom is 0.407 e. The Morgan fingerprint density at radius 3 is 2.72 bits per heavy atom. The Hall–Kier alpha value is -2.08. The first-order valence-electron chi connectivity index (χ1n) is 5.77. The molecule has 1 unspecified atom stereocenters. The third-order valence-electron chi connectivity index (χ3n) is 2.01. The van der Waals surface area contributed by atoms with Crippen molar-refractivity contribution in [2.45, 2.75) is 12.7 Å². The lowest BCUT2D eigenvalue weighted by molar-refractivity contribution is -0.149. The molecule has 18 heavy (non-hydrogen) atoms. The molecule has 0 spiro atoms. The van der Waals surface area contributed by atoms with Gasteiger partial charge in [0.2, 0.25) is 0 Å². The zero-order chi connectivity index (χ0) is 14.3. The van der Waals surface area contributed by atoms with Crippen LogP contribution in [0.25, 0.3) is 0 Å². The van der Waals surface area contributed by atoms with Crippen LogP contribution >= 0.6 is 0 Å². The largest absolute Gasteiger partial charge is 0.467 e. The number of esters is 1. The van der Waals surface area contributed by atoms with Crippen LogP contribution in [0.1, 0.15) is 6.93 Å². The van der Waals surface area contributed by atoms with Crippen LogP contribution in [0.15, 0.2) is 30.3 Å². The Kier molecular flexibility index (Phi) is 5.01. The van der Waals surface area contributed by atoms with Crippen LogP contribution in [-0.4, -0.2) is 36.9 Å². The fraction of sp³-hybridized carbons (Fsp3) is 0.333. The molecule has 0 saturated carbocycles. The molecule has 6 heteroatoms. The molecule has 0 radical (unpaired) electrons. The molecule has 1 aromatic rings. The Morgan fingerprint density at radius 1 is 1.44 bits per heavy atom. The van der Waals surface area contributed by atoms with E-state index in [1.165, 1.54) is 0 Å². The molecular weight excluding hydrogens is 238 g/mol. The summed E-state index contributed by atoms with van der Waals surface area (Å²) in [6.07, 6.45) is -2.65.